The summed E-state index contributed by atoms with van der Waals surface area (Å²) in [5.74, 6) is 0.955. The van der Waals surface area contributed by atoms with E-state index in [4.69, 9.17) is 15.9 Å². The molecule has 0 saturated carbocycles. The van der Waals surface area contributed by atoms with Crippen LogP contribution in [-0.2, 0) is 12.8 Å². The van der Waals surface area contributed by atoms with Crippen molar-refractivity contribution in [2.45, 2.75) is 19.8 Å². The minimum Gasteiger partial charge on any atom is -0.497 e. The van der Waals surface area contributed by atoms with Crippen LogP contribution in [-0.4, -0.2) is 17.9 Å². The number of methoxy groups -OCH3 is 1. The van der Waals surface area contributed by atoms with Crippen LogP contribution in [0.4, 0.5) is 0 Å². The van der Waals surface area contributed by atoms with Crippen LogP contribution in [0.5, 0.6) is 5.75 Å². The zero-order chi connectivity index (χ0) is 13.8. The summed E-state index contributed by atoms with van der Waals surface area (Å²) in [4.78, 5) is 5.35. The molecule has 1 aromatic heterocycles. The molecule has 0 unspecified atom stereocenters. The molecular weight excluding hydrogens is 258 g/mol. The highest BCUT2D eigenvalue weighted by Crippen LogP contribution is 2.22. The van der Waals surface area contributed by atoms with Crippen LogP contribution < -0.4 is 10.5 Å². The number of hydrogen-bond donors (Lipinski definition) is 2. The third-order valence-electron chi connectivity index (χ3n) is 2.84. The first-order chi connectivity index (χ1) is 9.13. The highest BCUT2D eigenvalue weighted by molar-refractivity contribution is 7.13. The molecule has 0 spiro atoms. The lowest BCUT2D eigenvalue weighted by molar-refractivity contribution is 0.414. The fourth-order valence-electron chi connectivity index (χ4n) is 1.84. The molecule has 0 bridgehead atoms. The standard InChI is InChI=1S/C14H17N3OS/c1-3-11-13(14(15)16)19-12(17-11)8-9-4-6-10(18-2)7-5-9/h4-7H,3,8H2,1-2H3,(H3,15,16). The molecule has 1 aromatic carbocycles. The van der Waals surface area contributed by atoms with Gasteiger partial charge in [0.15, 0.2) is 0 Å². The number of hydrogen-bond acceptors (Lipinski definition) is 4. The van der Waals surface area contributed by atoms with Crippen molar-refractivity contribution < 1.29 is 4.74 Å². The van der Waals surface area contributed by atoms with Gasteiger partial charge in [0, 0.05) is 6.42 Å². The molecule has 0 aliphatic rings. The van der Waals surface area contributed by atoms with Gasteiger partial charge in [0.05, 0.1) is 22.7 Å². The number of aromatic nitrogens is 1. The van der Waals surface area contributed by atoms with Crippen LogP contribution in [0.1, 0.15) is 28.1 Å². The Balaban J connectivity index is 2.20. The summed E-state index contributed by atoms with van der Waals surface area (Å²) in [7, 11) is 1.66. The monoisotopic (exact) mass is 275 g/mol. The van der Waals surface area contributed by atoms with E-state index in [1.807, 2.05) is 31.2 Å². The highest BCUT2D eigenvalue weighted by Gasteiger charge is 2.12. The molecule has 4 nitrogen and oxygen atoms in total. The molecule has 0 aliphatic heterocycles. The fraction of sp³-hybridized carbons (Fsp3) is 0.286. The van der Waals surface area contributed by atoms with E-state index in [0.717, 1.165) is 34.2 Å². The first kappa shape index (κ1) is 13.5. The van der Waals surface area contributed by atoms with Gasteiger partial charge in [-0.15, -0.1) is 11.3 Å². The average Bonchev–Trinajstić information content (AvgIpc) is 2.83. The molecule has 5 heteroatoms. The smallest absolute Gasteiger partial charge is 0.135 e. The lowest BCUT2D eigenvalue weighted by Crippen LogP contribution is -2.11. The van der Waals surface area contributed by atoms with E-state index < -0.39 is 0 Å². The van der Waals surface area contributed by atoms with Crippen LogP contribution in [0, 0.1) is 5.41 Å². The summed E-state index contributed by atoms with van der Waals surface area (Å²) >= 11 is 1.51. The maximum Gasteiger partial charge on any atom is 0.135 e. The van der Waals surface area contributed by atoms with Gasteiger partial charge in [-0.2, -0.15) is 0 Å². The van der Waals surface area contributed by atoms with E-state index >= 15 is 0 Å². The van der Waals surface area contributed by atoms with E-state index in [-0.39, 0.29) is 5.84 Å². The van der Waals surface area contributed by atoms with Gasteiger partial charge >= 0.3 is 0 Å². The molecule has 3 N–H and O–H groups in total. The van der Waals surface area contributed by atoms with Crippen molar-refractivity contribution in [1.29, 1.82) is 5.41 Å². The predicted molar refractivity (Wildman–Crippen MR) is 78.3 cm³/mol. The van der Waals surface area contributed by atoms with Crippen molar-refractivity contribution in [3.8, 4) is 5.75 Å². The quantitative estimate of drug-likeness (QED) is 0.650. The Morgan fingerprint density at radius 2 is 2.05 bits per heavy atom. The molecule has 0 saturated heterocycles. The number of amidine groups is 1. The number of ether oxygens (including phenoxy) is 1. The largest absolute Gasteiger partial charge is 0.497 e. The van der Waals surface area contributed by atoms with Crippen molar-refractivity contribution in [2.24, 2.45) is 5.73 Å². The first-order valence-corrected chi connectivity index (χ1v) is 6.91. The minimum atomic E-state index is 0.107. The number of rotatable bonds is 5. The summed E-state index contributed by atoms with van der Waals surface area (Å²) in [6.45, 7) is 2.03. The van der Waals surface area contributed by atoms with Gasteiger partial charge in [-0.05, 0) is 24.1 Å². The summed E-state index contributed by atoms with van der Waals surface area (Å²) in [6.07, 6.45) is 1.56. The Hall–Kier alpha value is -1.88. The van der Waals surface area contributed by atoms with Crippen molar-refractivity contribution >= 4 is 17.2 Å². The van der Waals surface area contributed by atoms with Gasteiger partial charge in [-0.1, -0.05) is 19.1 Å². The number of nitrogen functional groups attached to an aromatic ring is 1. The summed E-state index contributed by atoms with van der Waals surface area (Å²) in [6, 6.07) is 7.93. The van der Waals surface area contributed by atoms with E-state index in [2.05, 4.69) is 4.98 Å². The molecule has 100 valence electrons. The van der Waals surface area contributed by atoms with Gasteiger partial charge in [-0.25, -0.2) is 4.98 Å². The number of nitrogens with one attached hydrogen (secondary N) is 1. The molecule has 19 heavy (non-hydrogen) atoms. The number of nitrogens with zero attached hydrogens (tertiary/aromatic N) is 1. The lowest BCUT2D eigenvalue weighted by Gasteiger charge is -2.01. The molecule has 0 amide bonds. The topological polar surface area (TPSA) is 72.0 Å². The van der Waals surface area contributed by atoms with E-state index in [0.29, 0.717) is 0 Å². The maximum atomic E-state index is 7.56. The third kappa shape index (κ3) is 3.12. The van der Waals surface area contributed by atoms with Crippen molar-refractivity contribution in [3.05, 3.63) is 45.4 Å². The van der Waals surface area contributed by atoms with Crippen LogP contribution in [0.15, 0.2) is 24.3 Å². The number of benzene rings is 1. The van der Waals surface area contributed by atoms with Gasteiger partial charge in [0.25, 0.3) is 0 Å². The Labute approximate surface area is 116 Å². The zero-order valence-electron chi connectivity index (χ0n) is 11.1. The van der Waals surface area contributed by atoms with Crippen molar-refractivity contribution in [2.75, 3.05) is 7.11 Å². The molecule has 0 radical (unpaired) electrons. The SMILES string of the molecule is CCc1nc(Cc2ccc(OC)cc2)sc1C(=N)N. The van der Waals surface area contributed by atoms with Gasteiger partial charge in [-0.3, -0.25) is 5.41 Å². The molecule has 0 atom stereocenters. The molecule has 2 aromatic rings. The second-order valence-corrected chi connectivity index (χ2v) is 5.26. The third-order valence-corrected chi connectivity index (χ3v) is 3.97. The normalized spacial score (nSPS) is 10.4. The number of thiazole rings is 1. The minimum absolute atomic E-state index is 0.107. The molecule has 2 rings (SSSR count). The summed E-state index contributed by atoms with van der Waals surface area (Å²) < 4.78 is 5.13. The lowest BCUT2D eigenvalue weighted by atomic mass is 10.1. The Kier molecular flexibility index (Phi) is 4.16. The molecular formula is C14H17N3OS. The molecule has 1 heterocycles. The Morgan fingerprint density at radius 3 is 2.53 bits per heavy atom. The first-order valence-electron chi connectivity index (χ1n) is 6.10. The second-order valence-electron chi connectivity index (χ2n) is 4.18. The number of nitrogens with two attached hydrogens (primary N) is 1. The van der Waals surface area contributed by atoms with E-state index in [9.17, 15) is 0 Å². The fourth-order valence-corrected chi connectivity index (χ4v) is 2.89. The van der Waals surface area contributed by atoms with Crippen LogP contribution in [0.25, 0.3) is 0 Å². The van der Waals surface area contributed by atoms with Gasteiger partial charge in [0.2, 0.25) is 0 Å². The molecule has 0 fully saturated rings. The second kappa shape index (κ2) is 5.84. The van der Waals surface area contributed by atoms with Crippen LogP contribution in [0.3, 0.4) is 0 Å². The highest BCUT2D eigenvalue weighted by atomic mass is 32.1. The Morgan fingerprint density at radius 1 is 1.37 bits per heavy atom. The van der Waals surface area contributed by atoms with E-state index in [1.54, 1.807) is 7.11 Å². The number of aryl methyl sites for hydroxylation is 1. The summed E-state index contributed by atoms with van der Waals surface area (Å²) in [5.41, 5.74) is 7.66. The van der Waals surface area contributed by atoms with E-state index in [1.165, 1.54) is 16.9 Å². The van der Waals surface area contributed by atoms with Gasteiger partial charge < -0.3 is 10.5 Å². The van der Waals surface area contributed by atoms with Crippen molar-refractivity contribution in [1.82, 2.24) is 4.98 Å². The average molecular weight is 275 g/mol. The Bertz CT molecular complexity index is 575. The predicted octanol–water partition coefficient (Wildman–Crippen LogP) is 2.59. The zero-order valence-corrected chi connectivity index (χ0v) is 11.9. The maximum absolute atomic E-state index is 7.56. The van der Waals surface area contributed by atoms with Crippen LogP contribution >= 0.6 is 11.3 Å². The molecule has 0 aliphatic carbocycles. The van der Waals surface area contributed by atoms with Gasteiger partial charge in [0.1, 0.15) is 11.6 Å². The van der Waals surface area contributed by atoms with Crippen molar-refractivity contribution in [3.63, 3.8) is 0 Å². The summed E-state index contributed by atoms with van der Waals surface area (Å²) in [5, 5.41) is 8.55. The van der Waals surface area contributed by atoms with Crippen LogP contribution in [0.2, 0.25) is 0 Å².